The van der Waals surface area contributed by atoms with Gasteiger partial charge in [-0.05, 0) is 19.3 Å². The van der Waals surface area contributed by atoms with E-state index in [0.29, 0.717) is 12.1 Å². The SMILES string of the molecule is O=C(O)NC1CC2CCC1N2. The molecule has 0 radical (unpaired) electrons. The van der Waals surface area contributed by atoms with Crippen molar-refractivity contribution >= 4 is 6.09 Å². The lowest BCUT2D eigenvalue weighted by molar-refractivity contribution is 0.187. The molecule has 0 spiro atoms. The van der Waals surface area contributed by atoms with E-state index in [1.807, 2.05) is 0 Å². The summed E-state index contributed by atoms with van der Waals surface area (Å²) in [5.41, 5.74) is 0. The Morgan fingerprint density at radius 1 is 1.55 bits per heavy atom. The van der Waals surface area contributed by atoms with Crippen LogP contribution in [0.15, 0.2) is 0 Å². The Kier molecular flexibility index (Phi) is 1.49. The van der Waals surface area contributed by atoms with Crippen LogP contribution >= 0.6 is 0 Å². The molecule has 3 N–H and O–H groups in total. The Labute approximate surface area is 65.0 Å². The number of amides is 1. The van der Waals surface area contributed by atoms with Gasteiger partial charge < -0.3 is 15.7 Å². The molecule has 2 rings (SSSR count). The molecule has 11 heavy (non-hydrogen) atoms. The van der Waals surface area contributed by atoms with Crippen molar-refractivity contribution in [3.8, 4) is 0 Å². The number of hydrogen-bond acceptors (Lipinski definition) is 2. The zero-order valence-electron chi connectivity index (χ0n) is 6.21. The normalized spacial score (nSPS) is 40.9. The molecule has 1 amide bonds. The van der Waals surface area contributed by atoms with E-state index in [9.17, 15) is 4.79 Å². The van der Waals surface area contributed by atoms with Crippen molar-refractivity contribution in [1.29, 1.82) is 0 Å². The third-order valence-corrected chi connectivity index (χ3v) is 2.61. The Morgan fingerprint density at radius 2 is 2.36 bits per heavy atom. The van der Waals surface area contributed by atoms with E-state index in [4.69, 9.17) is 5.11 Å². The average molecular weight is 156 g/mol. The van der Waals surface area contributed by atoms with Gasteiger partial charge >= 0.3 is 6.09 Å². The number of hydrogen-bond donors (Lipinski definition) is 3. The highest BCUT2D eigenvalue weighted by atomic mass is 16.4. The second-order valence-corrected chi connectivity index (χ2v) is 3.34. The minimum absolute atomic E-state index is 0.159. The standard InChI is InChI=1S/C7H12N2O2/c10-7(11)9-6-3-4-1-2-5(6)8-4/h4-6,8-9H,1-3H2,(H,10,11). The van der Waals surface area contributed by atoms with Crippen molar-refractivity contribution in [1.82, 2.24) is 10.6 Å². The maximum Gasteiger partial charge on any atom is 0.404 e. The summed E-state index contributed by atoms with van der Waals surface area (Å²) in [6, 6.07) is 1.12. The van der Waals surface area contributed by atoms with Gasteiger partial charge in [0, 0.05) is 18.1 Å². The van der Waals surface area contributed by atoms with Crippen LogP contribution in [0.25, 0.3) is 0 Å². The molecule has 0 aromatic rings. The van der Waals surface area contributed by atoms with E-state index < -0.39 is 6.09 Å². The molecule has 0 aromatic heterocycles. The van der Waals surface area contributed by atoms with E-state index in [1.165, 1.54) is 6.42 Å². The molecule has 2 bridgehead atoms. The Balaban J connectivity index is 1.92. The lowest BCUT2D eigenvalue weighted by Crippen LogP contribution is -2.42. The summed E-state index contributed by atoms with van der Waals surface area (Å²) in [6.07, 6.45) is 2.40. The second-order valence-electron chi connectivity index (χ2n) is 3.34. The molecule has 0 aromatic carbocycles. The van der Waals surface area contributed by atoms with Crippen molar-refractivity contribution in [3.63, 3.8) is 0 Å². The highest BCUT2D eigenvalue weighted by molar-refractivity contribution is 5.65. The topological polar surface area (TPSA) is 61.4 Å². The number of carboxylic acid groups (broad SMARTS) is 1. The summed E-state index contributed by atoms with van der Waals surface area (Å²) in [5.74, 6) is 0. The zero-order valence-corrected chi connectivity index (χ0v) is 6.21. The summed E-state index contributed by atoms with van der Waals surface area (Å²) in [7, 11) is 0. The van der Waals surface area contributed by atoms with Crippen LogP contribution in [0.2, 0.25) is 0 Å². The number of fused-ring (bicyclic) bond motifs is 2. The van der Waals surface area contributed by atoms with Crippen molar-refractivity contribution in [2.24, 2.45) is 0 Å². The molecule has 3 unspecified atom stereocenters. The first kappa shape index (κ1) is 6.91. The van der Waals surface area contributed by atoms with Crippen LogP contribution in [0, 0.1) is 0 Å². The van der Waals surface area contributed by atoms with E-state index >= 15 is 0 Å². The van der Waals surface area contributed by atoms with E-state index in [2.05, 4.69) is 10.6 Å². The highest BCUT2D eigenvalue weighted by Crippen LogP contribution is 2.27. The van der Waals surface area contributed by atoms with Crippen molar-refractivity contribution in [3.05, 3.63) is 0 Å². The summed E-state index contributed by atoms with van der Waals surface area (Å²) in [5, 5.41) is 14.3. The molecule has 3 atom stereocenters. The van der Waals surface area contributed by atoms with Crippen LogP contribution in [0.3, 0.4) is 0 Å². The minimum Gasteiger partial charge on any atom is -0.465 e. The maximum atomic E-state index is 10.3. The van der Waals surface area contributed by atoms with Gasteiger partial charge in [0.05, 0.1) is 0 Å². The lowest BCUT2D eigenvalue weighted by Gasteiger charge is -2.19. The van der Waals surface area contributed by atoms with Crippen molar-refractivity contribution < 1.29 is 9.90 Å². The highest BCUT2D eigenvalue weighted by Gasteiger charge is 2.39. The summed E-state index contributed by atoms with van der Waals surface area (Å²) < 4.78 is 0. The molecule has 2 saturated heterocycles. The lowest BCUT2D eigenvalue weighted by atomic mass is 9.96. The Hall–Kier alpha value is -0.770. The molecule has 0 aliphatic carbocycles. The molecule has 0 saturated carbocycles. The fourth-order valence-electron chi connectivity index (χ4n) is 2.14. The molecule has 4 heteroatoms. The fraction of sp³-hybridized carbons (Fsp3) is 0.857. The van der Waals surface area contributed by atoms with Gasteiger partial charge in [0.2, 0.25) is 0 Å². The van der Waals surface area contributed by atoms with E-state index in [-0.39, 0.29) is 6.04 Å². The van der Waals surface area contributed by atoms with Crippen molar-refractivity contribution in [2.75, 3.05) is 0 Å². The summed E-state index contributed by atoms with van der Waals surface area (Å²) >= 11 is 0. The van der Waals surface area contributed by atoms with Crippen molar-refractivity contribution in [2.45, 2.75) is 37.4 Å². The first-order valence-electron chi connectivity index (χ1n) is 4.01. The largest absolute Gasteiger partial charge is 0.465 e. The van der Waals surface area contributed by atoms with Gasteiger partial charge in [-0.1, -0.05) is 0 Å². The van der Waals surface area contributed by atoms with Crippen LogP contribution in [0.5, 0.6) is 0 Å². The van der Waals surface area contributed by atoms with Gasteiger partial charge in [-0.25, -0.2) is 4.79 Å². The van der Waals surface area contributed by atoms with Gasteiger partial charge in [-0.2, -0.15) is 0 Å². The molecule has 2 aliphatic heterocycles. The molecular weight excluding hydrogens is 144 g/mol. The predicted octanol–water partition coefficient (Wildman–Crippen LogP) is 0.147. The van der Waals surface area contributed by atoms with Gasteiger partial charge in [0.15, 0.2) is 0 Å². The average Bonchev–Trinajstić information content (AvgIpc) is 2.45. The van der Waals surface area contributed by atoms with Gasteiger partial charge in [-0.3, -0.25) is 0 Å². The van der Waals surface area contributed by atoms with E-state index in [0.717, 1.165) is 12.8 Å². The number of rotatable bonds is 1. The van der Waals surface area contributed by atoms with E-state index in [1.54, 1.807) is 0 Å². The third kappa shape index (κ3) is 1.18. The second kappa shape index (κ2) is 2.37. The zero-order chi connectivity index (χ0) is 7.84. The number of nitrogens with one attached hydrogen (secondary N) is 2. The molecule has 62 valence electrons. The summed E-state index contributed by atoms with van der Waals surface area (Å²) in [6.45, 7) is 0. The first-order chi connectivity index (χ1) is 5.25. The maximum absolute atomic E-state index is 10.3. The minimum atomic E-state index is -0.899. The Morgan fingerprint density at radius 3 is 2.82 bits per heavy atom. The molecule has 2 heterocycles. The van der Waals surface area contributed by atoms with Gasteiger partial charge in [0.25, 0.3) is 0 Å². The Bertz CT molecular complexity index is 183. The summed E-state index contributed by atoms with van der Waals surface area (Å²) in [4.78, 5) is 10.3. The smallest absolute Gasteiger partial charge is 0.404 e. The predicted molar refractivity (Wildman–Crippen MR) is 39.5 cm³/mol. The molecular formula is C7H12N2O2. The fourth-order valence-corrected chi connectivity index (χ4v) is 2.14. The van der Waals surface area contributed by atoms with Crippen LogP contribution in [0.4, 0.5) is 4.79 Å². The van der Waals surface area contributed by atoms with Gasteiger partial charge in [0.1, 0.15) is 0 Å². The first-order valence-corrected chi connectivity index (χ1v) is 4.01. The quantitative estimate of drug-likeness (QED) is 0.506. The monoisotopic (exact) mass is 156 g/mol. The van der Waals surface area contributed by atoms with Crippen LogP contribution in [0.1, 0.15) is 19.3 Å². The molecule has 4 nitrogen and oxygen atoms in total. The third-order valence-electron chi connectivity index (χ3n) is 2.61. The van der Waals surface area contributed by atoms with Crippen LogP contribution in [-0.4, -0.2) is 29.3 Å². The number of carbonyl (C=O) groups is 1. The van der Waals surface area contributed by atoms with Gasteiger partial charge in [-0.15, -0.1) is 0 Å². The molecule has 2 fully saturated rings. The van der Waals surface area contributed by atoms with Crippen LogP contribution < -0.4 is 10.6 Å². The molecule has 2 aliphatic rings. The van der Waals surface area contributed by atoms with Crippen LogP contribution in [-0.2, 0) is 0 Å².